The SMILES string of the molecule is C[C@H](C(=O)N(C)C1CCCCC1)[NH+]1CCN(S(=O)(=O)c2ccc3c(c2)CCC3)CC1. The standard InChI is InChI=1S/C23H35N3O3S/c1-18(23(27)24(2)21-9-4-3-5-10-21)25-13-15-26(16-14-25)30(28,29)22-12-11-19-7-6-8-20(19)17-22/h11-12,17-18,21H,3-10,13-16H2,1-2H3/p+1/t18-/m1/s1. The number of rotatable bonds is 5. The summed E-state index contributed by atoms with van der Waals surface area (Å²) in [5, 5.41) is 0. The summed E-state index contributed by atoms with van der Waals surface area (Å²) in [6.45, 7) is 4.30. The summed E-state index contributed by atoms with van der Waals surface area (Å²) in [6.07, 6.45) is 9.06. The van der Waals surface area contributed by atoms with Crippen molar-refractivity contribution in [1.82, 2.24) is 9.21 Å². The topological polar surface area (TPSA) is 62.1 Å². The Labute approximate surface area is 181 Å². The number of carbonyl (C=O) groups is 1. The Morgan fingerprint density at radius 1 is 1.07 bits per heavy atom. The van der Waals surface area contributed by atoms with Crippen LogP contribution in [0.25, 0.3) is 0 Å². The van der Waals surface area contributed by atoms with E-state index in [4.69, 9.17) is 0 Å². The van der Waals surface area contributed by atoms with E-state index in [2.05, 4.69) is 0 Å². The van der Waals surface area contributed by atoms with Crippen LogP contribution in [0.15, 0.2) is 23.1 Å². The van der Waals surface area contributed by atoms with Gasteiger partial charge < -0.3 is 9.80 Å². The first kappa shape index (κ1) is 21.8. The minimum atomic E-state index is -3.46. The van der Waals surface area contributed by atoms with Crippen molar-refractivity contribution in [1.29, 1.82) is 0 Å². The number of piperazine rings is 1. The van der Waals surface area contributed by atoms with Crippen LogP contribution in [0.4, 0.5) is 0 Å². The molecule has 7 heteroatoms. The lowest BCUT2D eigenvalue weighted by molar-refractivity contribution is -0.918. The van der Waals surface area contributed by atoms with Crippen LogP contribution < -0.4 is 4.90 Å². The van der Waals surface area contributed by atoms with Crippen LogP contribution >= 0.6 is 0 Å². The minimum absolute atomic E-state index is 0.123. The molecule has 166 valence electrons. The van der Waals surface area contributed by atoms with Gasteiger partial charge in [0.2, 0.25) is 10.0 Å². The highest BCUT2D eigenvalue weighted by Gasteiger charge is 2.37. The average Bonchev–Trinajstić information content (AvgIpc) is 3.26. The maximum atomic E-state index is 13.2. The van der Waals surface area contributed by atoms with E-state index in [1.54, 1.807) is 10.4 Å². The number of likely N-dealkylation sites (N-methyl/N-ethyl adjacent to an activating group) is 1. The maximum Gasteiger partial charge on any atom is 0.280 e. The number of sulfonamides is 1. The molecule has 1 aromatic carbocycles. The molecule has 30 heavy (non-hydrogen) atoms. The molecule has 0 aromatic heterocycles. The first-order chi connectivity index (χ1) is 14.4. The van der Waals surface area contributed by atoms with Crippen molar-refractivity contribution in [2.45, 2.75) is 75.3 Å². The van der Waals surface area contributed by atoms with Gasteiger partial charge in [0.05, 0.1) is 31.1 Å². The molecule has 0 radical (unpaired) electrons. The molecule has 1 heterocycles. The van der Waals surface area contributed by atoms with Crippen molar-refractivity contribution in [3.05, 3.63) is 29.3 Å². The van der Waals surface area contributed by atoms with Crippen LogP contribution in [0.5, 0.6) is 0 Å². The Bertz CT molecular complexity index is 872. The lowest BCUT2D eigenvalue weighted by Crippen LogP contribution is -3.19. The number of quaternary nitrogens is 1. The maximum absolute atomic E-state index is 13.2. The lowest BCUT2D eigenvalue weighted by Gasteiger charge is -2.37. The number of fused-ring (bicyclic) bond motifs is 1. The molecule has 1 N–H and O–H groups in total. The summed E-state index contributed by atoms with van der Waals surface area (Å²) in [4.78, 5) is 16.6. The molecule has 6 nitrogen and oxygen atoms in total. The molecular formula is C23H36N3O3S+. The number of carbonyl (C=O) groups excluding carboxylic acids is 1. The Kier molecular flexibility index (Phi) is 6.51. The highest BCUT2D eigenvalue weighted by molar-refractivity contribution is 7.89. The van der Waals surface area contributed by atoms with Crippen LogP contribution in [0.1, 0.15) is 56.6 Å². The molecule has 4 rings (SSSR count). The second-order valence-electron chi connectivity index (χ2n) is 9.31. The zero-order valence-electron chi connectivity index (χ0n) is 18.4. The summed E-state index contributed by atoms with van der Waals surface area (Å²) in [6, 6.07) is 5.88. The monoisotopic (exact) mass is 434 g/mol. The molecule has 1 atom stereocenters. The Morgan fingerprint density at radius 3 is 2.43 bits per heavy atom. The van der Waals surface area contributed by atoms with E-state index in [1.165, 1.54) is 35.3 Å². The van der Waals surface area contributed by atoms with Gasteiger partial charge in [0.15, 0.2) is 6.04 Å². The quantitative estimate of drug-likeness (QED) is 0.759. The molecule has 1 aromatic rings. The highest BCUT2D eigenvalue weighted by atomic mass is 32.2. The number of benzene rings is 1. The van der Waals surface area contributed by atoms with Crippen molar-refractivity contribution in [3.8, 4) is 0 Å². The molecule has 1 aliphatic heterocycles. The average molecular weight is 435 g/mol. The van der Waals surface area contributed by atoms with Gasteiger partial charge in [-0.15, -0.1) is 0 Å². The number of hydrogen-bond donors (Lipinski definition) is 1. The van der Waals surface area contributed by atoms with Crippen LogP contribution in [-0.4, -0.2) is 68.8 Å². The first-order valence-electron chi connectivity index (χ1n) is 11.6. The molecule has 0 spiro atoms. The fourth-order valence-corrected chi connectivity index (χ4v) is 6.93. The van der Waals surface area contributed by atoms with Gasteiger partial charge >= 0.3 is 0 Å². The van der Waals surface area contributed by atoms with Gasteiger partial charge in [0.25, 0.3) is 5.91 Å². The highest BCUT2D eigenvalue weighted by Crippen LogP contribution is 2.26. The molecule has 0 bridgehead atoms. The third-order valence-electron chi connectivity index (χ3n) is 7.53. The predicted molar refractivity (Wildman–Crippen MR) is 117 cm³/mol. The largest absolute Gasteiger partial charge is 0.338 e. The number of aryl methyl sites for hydroxylation is 2. The van der Waals surface area contributed by atoms with E-state index in [-0.39, 0.29) is 11.9 Å². The lowest BCUT2D eigenvalue weighted by atomic mass is 9.94. The summed E-state index contributed by atoms with van der Waals surface area (Å²) in [5.41, 5.74) is 2.47. The summed E-state index contributed by atoms with van der Waals surface area (Å²) in [7, 11) is -1.51. The van der Waals surface area contributed by atoms with Crippen LogP contribution in [-0.2, 0) is 27.7 Å². The molecule has 3 aliphatic rings. The minimum Gasteiger partial charge on any atom is -0.338 e. The Morgan fingerprint density at radius 2 is 1.73 bits per heavy atom. The molecule has 1 saturated heterocycles. The molecule has 2 fully saturated rings. The number of nitrogens with one attached hydrogen (secondary N) is 1. The van der Waals surface area contributed by atoms with E-state index in [0.29, 0.717) is 37.1 Å². The number of nitrogens with zero attached hydrogens (tertiary/aromatic N) is 2. The van der Waals surface area contributed by atoms with Gasteiger partial charge in [-0.25, -0.2) is 8.42 Å². The van der Waals surface area contributed by atoms with E-state index in [1.807, 2.05) is 31.0 Å². The van der Waals surface area contributed by atoms with Gasteiger partial charge in [0.1, 0.15) is 0 Å². The second-order valence-corrected chi connectivity index (χ2v) is 11.2. The molecule has 2 aliphatic carbocycles. The summed E-state index contributed by atoms with van der Waals surface area (Å²) in [5.74, 6) is 0.201. The summed E-state index contributed by atoms with van der Waals surface area (Å²) >= 11 is 0. The number of amides is 1. The Hall–Kier alpha value is -1.44. The van der Waals surface area contributed by atoms with Crippen LogP contribution in [0.2, 0.25) is 0 Å². The first-order valence-corrected chi connectivity index (χ1v) is 13.0. The predicted octanol–water partition coefficient (Wildman–Crippen LogP) is 1.24. The number of hydrogen-bond acceptors (Lipinski definition) is 3. The van der Waals surface area contributed by atoms with Crippen molar-refractivity contribution in [2.24, 2.45) is 0 Å². The fourth-order valence-electron chi connectivity index (χ4n) is 5.43. The van der Waals surface area contributed by atoms with Gasteiger partial charge in [-0.3, -0.25) is 4.79 Å². The van der Waals surface area contributed by atoms with Crippen molar-refractivity contribution < 1.29 is 18.1 Å². The van der Waals surface area contributed by atoms with E-state index in [0.717, 1.165) is 32.1 Å². The normalized spacial score (nSPS) is 22.6. The van der Waals surface area contributed by atoms with Gasteiger partial charge in [0, 0.05) is 13.1 Å². The Balaban J connectivity index is 1.36. The second kappa shape index (κ2) is 8.97. The van der Waals surface area contributed by atoms with E-state index in [9.17, 15) is 13.2 Å². The van der Waals surface area contributed by atoms with Crippen molar-refractivity contribution in [2.75, 3.05) is 33.2 Å². The fraction of sp³-hybridized carbons (Fsp3) is 0.696. The summed E-state index contributed by atoms with van der Waals surface area (Å²) < 4.78 is 27.9. The molecular weight excluding hydrogens is 398 g/mol. The van der Waals surface area contributed by atoms with Crippen molar-refractivity contribution >= 4 is 15.9 Å². The third-order valence-corrected chi connectivity index (χ3v) is 9.42. The van der Waals surface area contributed by atoms with E-state index < -0.39 is 10.0 Å². The van der Waals surface area contributed by atoms with Gasteiger partial charge in [-0.05, 0) is 62.3 Å². The smallest absolute Gasteiger partial charge is 0.280 e. The van der Waals surface area contributed by atoms with Gasteiger partial charge in [-0.1, -0.05) is 25.3 Å². The van der Waals surface area contributed by atoms with E-state index >= 15 is 0 Å². The molecule has 1 amide bonds. The van der Waals surface area contributed by atoms with Crippen molar-refractivity contribution in [3.63, 3.8) is 0 Å². The van der Waals surface area contributed by atoms with Crippen LogP contribution in [0, 0.1) is 0 Å². The van der Waals surface area contributed by atoms with Crippen LogP contribution in [0.3, 0.4) is 0 Å². The zero-order valence-corrected chi connectivity index (χ0v) is 19.2. The zero-order chi connectivity index (χ0) is 21.3. The van der Waals surface area contributed by atoms with Gasteiger partial charge in [-0.2, -0.15) is 4.31 Å². The third kappa shape index (κ3) is 4.30. The molecule has 1 saturated carbocycles. The molecule has 0 unspecified atom stereocenters.